The normalized spacial score (nSPS) is 15.8. The van der Waals surface area contributed by atoms with Crippen LogP contribution in [0.1, 0.15) is 41.0 Å². The molecular weight excluding hydrogens is 351 g/mol. The molecule has 146 valence electrons. The van der Waals surface area contributed by atoms with Gasteiger partial charge >= 0.3 is 5.97 Å². The molecule has 1 rings (SSSR count). The van der Waals surface area contributed by atoms with Crippen LogP contribution in [0, 0.1) is 5.92 Å². The Labute approximate surface area is 156 Å². The first kappa shape index (κ1) is 22.5. The van der Waals surface area contributed by atoms with E-state index in [1.165, 1.54) is 0 Å². The van der Waals surface area contributed by atoms with Crippen LogP contribution in [-0.2, 0) is 14.1 Å². The molecule has 1 aromatic rings. The summed E-state index contributed by atoms with van der Waals surface area (Å²) >= 11 is 0. The van der Waals surface area contributed by atoms with Crippen LogP contribution in [0.4, 0.5) is 0 Å². The molecule has 2 atom stereocenters. The van der Waals surface area contributed by atoms with E-state index in [1.807, 2.05) is 31.2 Å². The molecule has 0 aliphatic heterocycles. The van der Waals surface area contributed by atoms with Crippen LogP contribution in [0.3, 0.4) is 0 Å². The highest BCUT2D eigenvalue weighted by Crippen LogP contribution is 2.49. The monoisotopic (exact) mass is 382 g/mol. The van der Waals surface area contributed by atoms with Crippen LogP contribution in [0.15, 0.2) is 42.0 Å². The van der Waals surface area contributed by atoms with Crippen molar-refractivity contribution in [1.82, 2.24) is 0 Å². The summed E-state index contributed by atoms with van der Waals surface area (Å²) in [6.45, 7) is 8.91. The molecule has 0 heterocycles. The Balaban J connectivity index is 2.88. The van der Waals surface area contributed by atoms with E-state index in [4.69, 9.17) is 14.4 Å². The summed E-state index contributed by atoms with van der Waals surface area (Å²) < 4.78 is 24.6. The average molecular weight is 382 g/mol. The molecule has 0 bridgehead atoms. The van der Waals surface area contributed by atoms with Crippen LogP contribution < -0.4 is 4.52 Å². The minimum Gasteiger partial charge on any atom is -0.460 e. The Bertz CT molecular complexity index is 646. The third kappa shape index (κ3) is 8.68. The molecule has 1 aromatic carbocycles. The van der Waals surface area contributed by atoms with Gasteiger partial charge in [0, 0.05) is 12.3 Å². The van der Waals surface area contributed by atoms with Gasteiger partial charge in [0.2, 0.25) is 7.37 Å². The van der Waals surface area contributed by atoms with E-state index in [-0.39, 0.29) is 18.7 Å². The minimum absolute atomic E-state index is 0.0296. The van der Waals surface area contributed by atoms with Crippen LogP contribution in [-0.4, -0.2) is 35.6 Å². The number of carbonyl (C=O) groups excluding carboxylic acids is 1. The van der Waals surface area contributed by atoms with E-state index in [2.05, 4.69) is 0 Å². The SMILES string of the molecule is C/C(=C\CCP(=O)(CC(C)C(=O)OC(C)(C)C)Oc1ccccc1)CO. The highest BCUT2D eigenvalue weighted by molar-refractivity contribution is 7.59. The first-order chi connectivity index (χ1) is 12.0. The summed E-state index contributed by atoms with van der Waals surface area (Å²) in [5.41, 5.74) is 0.229. The molecule has 0 saturated heterocycles. The second kappa shape index (κ2) is 9.94. The fraction of sp³-hybridized carbons (Fsp3) is 0.550. The van der Waals surface area contributed by atoms with Crippen molar-refractivity contribution >= 4 is 13.3 Å². The molecule has 0 spiro atoms. The van der Waals surface area contributed by atoms with E-state index < -0.39 is 18.9 Å². The van der Waals surface area contributed by atoms with Gasteiger partial charge in [0.15, 0.2) is 0 Å². The number of carbonyl (C=O) groups is 1. The van der Waals surface area contributed by atoms with Crippen molar-refractivity contribution in [3.8, 4) is 5.75 Å². The lowest BCUT2D eigenvalue weighted by Crippen LogP contribution is -2.29. The summed E-state index contributed by atoms with van der Waals surface area (Å²) in [4.78, 5) is 12.3. The van der Waals surface area contributed by atoms with E-state index in [9.17, 15) is 9.36 Å². The van der Waals surface area contributed by atoms with Crippen molar-refractivity contribution in [2.45, 2.75) is 46.6 Å². The molecular formula is C20H31O5P. The highest BCUT2D eigenvalue weighted by Gasteiger charge is 2.32. The Morgan fingerprint density at radius 1 is 1.27 bits per heavy atom. The maximum Gasteiger partial charge on any atom is 0.309 e. The predicted octanol–water partition coefficient (Wildman–Crippen LogP) is 4.65. The Hall–Kier alpha value is -1.58. The van der Waals surface area contributed by atoms with Gasteiger partial charge in [0.25, 0.3) is 0 Å². The van der Waals surface area contributed by atoms with Crippen molar-refractivity contribution in [1.29, 1.82) is 0 Å². The molecule has 0 saturated carbocycles. The Morgan fingerprint density at radius 3 is 2.42 bits per heavy atom. The molecule has 0 amide bonds. The van der Waals surface area contributed by atoms with Gasteiger partial charge in [-0.2, -0.15) is 0 Å². The molecule has 0 aliphatic carbocycles. The number of allylic oxidation sites excluding steroid dienone is 1. The van der Waals surface area contributed by atoms with Crippen molar-refractivity contribution in [3.05, 3.63) is 42.0 Å². The van der Waals surface area contributed by atoms with Crippen LogP contribution in [0.5, 0.6) is 5.75 Å². The van der Waals surface area contributed by atoms with Gasteiger partial charge in [-0.25, -0.2) is 0 Å². The zero-order valence-electron chi connectivity index (χ0n) is 16.4. The fourth-order valence-electron chi connectivity index (χ4n) is 2.31. The molecule has 0 radical (unpaired) electrons. The molecule has 6 heteroatoms. The van der Waals surface area contributed by atoms with Gasteiger partial charge in [-0.05, 0) is 46.2 Å². The molecule has 0 aromatic heterocycles. The van der Waals surface area contributed by atoms with Gasteiger partial charge in [-0.15, -0.1) is 0 Å². The van der Waals surface area contributed by atoms with Gasteiger partial charge in [-0.3, -0.25) is 9.36 Å². The molecule has 1 N–H and O–H groups in total. The average Bonchev–Trinajstić information content (AvgIpc) is 2.53. The number of para-hydroxylation sites is 1. The van der Waals surface area contributed by atoms with E-state index in [0.29, 0.717) is 18.3 Å². The third-order valence-corrected chi connectivity index (χ3v) is 6.18. The van der Waals surface area contributed by atoms with E-state index >= 15 is 0 Å². The van der Waals surface area contributed by atoms with Gasteiger partial charge in [0.1, 0.15) is 11.4 Å². The Kier molecular flexibility index (Phi) is 8.58. The lowest BCUT2D eigenvalue weighted by molar-refractivity contribution is -0.158. The zero-order chi connectivity index (χ0) is 19.8. The lowest BCUT2D eigenvalue weighted by Gasteiger charge is -2.25. The van der Waals surface area contributed by atoms with Crippen molar-refractivity contribution in [2.75, 3.05) is 18.9 Å². The van der Waals surface area contributed by atoms with Crippen molar-refractivity contribution < 1.29 is 23.7 Å². The zero-order valence-corrected chi connectivity index (χ0v) is 17.3. The first-order valence-corrected chi connectivity index (χ1v) is 10.9. The van der Waals surface area contributed by atoms with Gasteiger partial charge in [-0.1, -0.05) is 36.8 Å². The number of benzene rings is 1. The number of aliphatic hydroxyl groups excluding tert-OH is 1. The maximum atomic E-state index is 13.4. The van der Waals surface area contributed by atoms with Crippen LogP contribution >= 0.6 is 7.37 Å². The second-order valence-corrected chi connectivity index (χ2v) is 10.2. The van der Waals surface area contributed by atoms with E-state index in [1.54, 1.807) is 39.8 Å². The quantitative estimate of drug-likeness (QED) is 0.382. The molecule has 26 heavy (non-hydrogen) atoms. The first-order valence-electron chi connectivity index (χ1n) is 8.87. The lowest BCUT2D eigenvalue weighted by atomic mass is 10.1. The van der Waals surface area contributed by atoms with Crippen LogP contribution in [0.25, 0.3) is 0 Å². The van der Waals surface area contributed by atoms with Crippen molar-refractivity contribution in [2.24, 2.45) is 5.92 Å². The minimum atomic E-state index is -3.11. The summed E-state index contributed by atoms with van der Waals surface area (Å²) in [6.07, 6.45) is 2.77. The summed E-state index contributed by atoms with van der Waals surface area (Å²) in [5.74, 6) is -0.391. The number of aliphatic hydroxyl groups is 1. The topological polar surface area (TPSA) is 72.8 Å². The third-order valence-electron chi connectivity index (χ3n) is 3.59. The molecule has 5 nitrogen and oxygen atoms in total. The summed E-state index contributed by atoms with van der Waals surface area (Å²) in [5, 5.41) is 9.10. The van der Waals surface area contributed by atoms with E-state index in [0.717, 1.165) is 5.57 Å². The number of hydrogen-bond acceptors (Lipinski definition) is 5. The summed E-state index contributed by atoms with van der Waals surface area (Å²) in [7, 11) is -3.11. The van der Waals surface area contributed by atoms with Crippen molar-refractivity contribution in [3.63, 3.8) is 0 Å². The number of hydrogen-bond donors (Lipinski definition) is 1. The maximum absolute atomic E-state index is 13.4. The van der Waals surface area contributed by atoms with Gasteiger partial charge < -0.3 is 14.4 Å². The summed E-state index contributed by atoms with van der Waals surface area (Å²) in [6, 6.07) is 8.98. The van der Waals surface area contributed by atoms with Crippen LogP contribution in [0.2, 0.25) is 0 Å². The molecule has 2 unspecified atom stereocenters. The predicted molar refractivity (Wildman–Crippen MR) is 105 cm³/mol. The Morgan fingerprint density at radius 2 is 1.88 bits per heavy atom. The number of esters is 1. The smallest absolute Gasteiger partial charge is 0.309 e. The highest BCUT2D eigenvalue weighted by atomic mass is 31.2. The van der Waals surface area contributed by atoms with Gasteiger partial charge in [0.05, 0.1) is 12.5 Å². The standard InChI is InChI=1S/C20H31O5P/c1-16(14-21)10-9-13-26(23,25-18-11-7-6-8-12-18)15-17(2)19(22)24-20(3,4)5/h6-8,10-12,17,21H,9,13-15H2,1-5H3/b16-10+. The molecule has 0 fully saturated rings. The molecule has 0 aliphatic rings. The second-order valence-electron chi connectivity index (χ2n) is 7.56. The number of ether oxygens (including phenoxy) is 1. The fourth-order valence-corrected chi connectivity index (χ4v) is 4.67. The largest absolute Gasteiger partial charge is 0.460 e. The number of rotatable bonds is 9.